The van der Waals surface area contributed by atoms with E-state index in [1.54, 1.807) is 6.20 Å². The van der Waals surface area contributed by atoms with Crippen LogP contribution < -0.4 is 15.4 Å². The molecule has 2 N–H and O–H groups in total. The summed E-state index contributed by atoms with van der Waals surface area (Å²) < 4.78 is 5.73. The summed E-state index contributed by atoms with van der Waals surface area (Å²) >= 11 is 0. The van der Waals surface area contributed by atoms with Crippen molar-refractivity contribution in [2.24, 2.45) is 0 Å². The fraction of sp³-hybridized carbons (Fsp3) is 0.182. The standard InChI is InChI=1S/C22H24N4O/c1-3-4-13-27-20-10-6-8-18(15-20)21-11-12-24-22(26-21)25-19-9-5-7-17(14-19)16-23-2/h3,5-12,14-15,23H,1,4,13,16H2,2H3,(H,24,25,26). The lowest BCUT2D eigenvalue weighted by atomic mass is 10.1. The predicted molar refractivity (Wildman–Crippen MR) is 110 cm³/mol. The van der Waals surface area contributed by atoms with Crippen LogP contribution in [0.1, 0.15) is 12.0 Å². The van der Waals surface area contributed by atoms with Crippen LogP contribution in [0.25, 0.3) is 11.3 Å². The highest BCUT2D eigenvalue weighted by molar-refractivity contribution is 5.63. The zero-order chi connectivity index (χ0) is 18.9. The van der Waals surface area contributed by atoms with E-state index in [-0.39, 0.29) is 0 Å². The number of benzene rings is 2. The third kappa shape index (κ3) is 5.39. The van der Waals surface area contributed by atoms with E-state index in [0.717, 1.165) is 35.7 Å². The number of nitrogens with zero attached hydrogens (tertiary/aromatic N) is 2. The first-order valence-electron chi connectivity index (χ1n) is 8.96. The van der Waals surface area contributed by atoms with Crippen molar-refractivity contribution in [3.63, 3.8) is 0 Å². The maximum Gasteiger partial charge on any atom is 0.227 e. The van der Waals surface area contributed by atoms with E-state index in [1.807, 2.05) is 55.6 Å². The molecule has 0 aliphatic rings. The molecule has 0 unspecified atom stereocenters. The van der Waals surface area contributed by atoms with Crippen molar-refractivity contribution < 1.29 is 4.74 Å². The third-order valence-corrected chi connectivity index (χ3v) is 3.94. The molecule has 1 aromatic heterocycles. The fourth-order valence-electron chi connectivity index (χ4n) is 2.68. The van der Waals surface area contributed by atoms with Crippen LogP contribution in [0, 0.1) is 0 Å². The second-order valence-corrected chi connectivity index (χ2v) is 6.07. The normalized spacial score (nSPS) is 10.4. The average molecular weight is 360 g/mol. The molecule has 0 saturated heterocycles. The van der Waals surface area contributed by atoms with Crippen molar-refractivity contribution in [3.05, 3.63) is 79.0 Å². The van der Waals surface area contributed by atoms with Gasteiger partial charge in [-0.05, 0) is 49.4 Å². The summed E-state index contributed by atoms with van der Waals surface area (Å²) in [6.45, 7) is 5.14. The van der Waals surface area contributed by atoms with Crippen molar-refractivity contribution in [1.82, 2.24) is 15.3 Å². The second-order valence-electron chi connectivity index (χ2n) is 6.07. The van der Waals surface area contributed by atoms with Crippen LogP contribution in [-0.4, -0.2) is 23.6 Å². The summed E-state index contributed by atoms with van der Waals surface area (Å²) in [4.78, 5) is 8.98. The minimum absolute atomic E-state index is 0.562. The van der Waals surface area contributed by atoms with Gasteiger partial charge in [-0.2, -0.15) is 0 Å². The first-order chi connectivity index (χ1) is 13.3. The minimum atomic E-state index is 0.562. The van der Waals surface area contributed by atoms with Crippen molar-refractivity contribution in [3.8, 4) is 17.0 Å². The van der Waals surface area contributed by atoms with Gasteiger partial charge >= 0.3 is 0 Å². The summed E-state index contributed by atoms with van der Waals surface area (Å²) in [6, 6.07) is 18.0. The quantitative estimate of drug-likeness (QED) is 0.433. The summed E-state index contributed by atoms with van der Waals surface area (Å²) in [5, 5.41) is 6.43. The van der Waals surface area contributed by atoms with Gasteiger partial charge in [-0.1, -0.05) is 30.3 Å². The van der Waals surface area contributed by atoms with Crippen molar-refractivity contribution >= 4 is 11.6 Å². The van der Waals surface area contributed by atoms with E-state index < -0.39 is 0 Å². The largest absolute Gasteiger partial charge is 0.493 e. The van der Waals surface area contributed by atoms with Gasteiger partial charge in [-0.15, -0.1) is 6.58 Å². The third-order valence-electron chi connectivity index (χ3n) is 3.94. The van der Waals surface area contributed by atoms with Gasteiger partial charge < -0.3 is 15.4 Å². The van der Waals surface area contributed by atoms with E-state index in [1.165, 1.54) is 5.56 Å². The molecule has 3 rings (SSSR count). The molecular formula is C22H24N4O. The number of hydrogen-bond donors (Lipinski definition) is 2. The van der Waals surface area contributed by atoms with Gasteiger partial charge in [-0.25, -0.2) is 9.97 Å². The number of hydrogen-bond acceptors (Lipinski definition) is 5. The lowest BCUT2D eigenvalue weighted by Gasteiger charge is -2.09. The first-order valence-corrected chi connectivity index (χ1v) is 8.96. The molecule has 5 heteroatoms. The highest BCUT2D eigenvalue weighted by Crippen LogP contribution is 2.24. The smallest absolute Gasteiger partial charge is 0.227 e. The Kier molecular flexibility index (Phi) is 6.55. The molecule has 0 bridgehead atoms. The lowest BCUT2D eigenvalue weighted by Crippen LogP contribution is -2.05. The Morgan fingerprint density at radius 1 is 1.11 bits per heavy atom. The number of nitrogens with one attached hydrogen (secondary N) is 2. The van der Waals surface area contributed by atoms with Crippen LogP contribution in [0.2, 0.25) is 0 Å². The van der Waals surface area contributed by atoms with Gasteiger partial charge in [-0.3, -0.25) is 0 Å². The highest BCUT2D eigenvalue weighted by Gasteiger charge is 2.05. The molecule has 27 heavy (non-hydrogen) atoms. The molecule has 0 spiro atoms. The zero-order valence-electron chi connectivity index (χ0n) is 15.5. The zero-order valence-corrected chi connectivity index (χ0v) is 15.5. The molecule has 2 aromatic carbocycles. The second kappa shape index (κ2) is 9.50. The maximum atomic E-state index is 5.73. The number of rotatable bonds is 9. The van der Waals surface area contributed by atoms with Gasteiger partial charge in [0.25, 0.3) is 0 Å². The first kappa shape index (κ1) is 18.6. The molecule has 3 aromatic rings. The fourth-order valence-corrected chi connectivity index (χ4v) is 2.68. The molecular weight excluding hydrogens is 336 g/mol. The number of anilines is 2. The molecule has 0 aliphatic heterocycles. The topological polar surface area (TPSA) is 59.1 Å². The van der Waals surface area contributed by atoms with Crippen LogP contribution in [0.4, 0.5) is 11.6 Å². The Hall–Kier alpha value is -3.18. The van der Waals surface area contributed by atoms with E-state index >= 15 is 0 Å². The number of aromatic nitrogens is 2. The summed E-state index contributed by atoms with van der Waals surface area (Å²) in [6.07, 6.45) is 4.42. The summed E-state index contributed by atoms with van der Waals surface area (Å²) in [5.41, 5.74) is 3.98. The highest BCUT2D eigenvalue weighted by atomic mass is 16.5. The molecule has 0 amide bonds. The SMILES string of the molecule is C=CCCOc1cccc(-c2ccnc(Nc3cccc(CNC)c3)n2)c1. The van der Waals surface area contributed by atoms with Gasteiger partial charge in [0.2, 0.25) is 5.95 Å². The minimum Gasteiger partial charge on any atom is -0.493 e. The molecule has 1 heterocycles. The average Bonchev–Trinajstić information content (AvgIpc) is 2.69. The van der Waals surface area contributed by atoms with E-state index in [0.29, 0.717) is 12.6 Å². The van der Waals surface area contributed by atoms with Gasteiger partial charge in [0.15, 0.2) is 0 Å². The Morgan fingerprint density at radius 3 is 2.85 bits per heavy atom. The molecule has 0 radical (unpaired) electrons. The summed E-state index contributed by atoms with van der Waals surface area (Å²) in [5.74, 6) is 1.38. The van der Waals surface area contributed by atoms with Crippen LogP contribution in [-0.2, 0) is 6.54 Å². The van der Waals surface area contributed by atoms with Crippen LogP contribution in [0.5, 0.6) is 5.75 Å². The van der Waals surface area contributed by atoms with Gasteiger partial charge in [0, 0.05) is 24.0 Å². The molecule has 0 fully saturated rings. The molecule has 0 atom stereocenters. The Labute approximate surface area is 160 Å². The van der Waals surface area contributed by atoms with E-state index in [9.17, 15) is 0 Å². The Morgan fingerprint density at radius 2 is 2.00 bits per heavy atom. The van der Waals surface area contributed by atoms with E-state index in [2.05, 4.69) is 39.3 Å². The maximum absolute atomic E-state index is 5.73. The monoisotopic (exact) mass is 360 g/mol. The van der Waals surface area contributed by atoms with Crippen molar-refractivity contribution in [1.29, 1.82) is 0 Å². The molecule has 0 aliphatic carbocycles. The lowest BCUT2D eigenvalue weighted by molar-refractivity contribution is 0.325. The molecule has 0 saturated carbocycles. The Bertz CT molecular complexity index is 895. The Balaban J connectivity index is 1.76. The van der Waals surface area contributed by atoms with Crippen molar-refractivity contribution in [2.45, 2.75) is 13.0 Å². The molecule has 5 nitrogen and oxygen atoms in total. The number of ether oxygens (including phenoxy) is 1. The van der Waals surface area contributed by atoms with Crippen LogP contribution >= 0.6 is 0 Å². The van der Waals surface area contributed by atoms with Crippen molar-refractivity contribution in [2.75, 3.05) is 19.0 Å². The predicted octanol–water partition coefficient (Wildman–Crippen LogP) is 4.56. The van der Waals surface area contributed by atoms with Gasteiger partial charge in [0.1, 0.15) is 5.75 Å². The summed E-state index contributed by atoms with van der Waals surface area (Å²) in [7, 11) is 1.93. The molecule has 138 valence electrons. The van der Waals surface area contributed by atoms with Gasteiger partial charge in [0.05, 0.1) is 12.3 Å². The van der Waals surface area contributed by atoms with Crippen LogP contribution in [0.3, 0.4) is 0 Å². The van der Waals surface area contributed by atoms with Crippen LogP contribution in [0.15, 0.2) is 73.4 Å². The van der Waals surface area contributed by atoms with E-state index in [4.69, 9.17) is 4.74 Å².